The molecule has 0 bridgehead atoms. The van der Waals surface area contributed by atoms with Gasteiger partial charge in [0.15, 0.2) is 0 Å². The lowest BCUT2D eigenvalue weighted by Gasteiger charge is -2.05. The zero-order valence-electron chi connectivity index (χ0n) is 10.2. The average Bonchev–Trinajstić information content (AvgIpc) is 2.82. The van der Waals surface area contributed by atoms with Gasteiger partial charge in [0, 0.05) is 15.4 Å². The summed E-state index contributed by atoms with van der Waals surface area (Å²) >= 11 is 6.74. The number of carbonyl (C=O) groups is 1. The van der Waals surface area contributed by atoms with Crippen LogP contribution in [0, 0.1) is 0 Å². The van der Waals surface area contributed by atoms with Crippen molar-refractivity contribution in [2.75, 3.05) is 5.32 Å². The molecule has 0 saturated carbocycles. The molecule has 0 aliphatic carbocycles. The van der Waals surface area contributed by atoms with Gasteiger partial charge in [0.2, 0.25) is 5.82 Å². The molecule has 1 aromatic carbocycles. The molecule has 0 fully saturated rings. The Morgan fingerprint density at radius 3 is 2.89 bits per heavy atom. The van der Waals surface area contributed by atoms with Crippen molar-refractivity contribution in [1.29, 1.82) is 0 Å². The number of rotatable bonds is 4. The van der Waals surface area contributed by atoms with Crippen LogP contribution in [0.25, 0.3) is 0 Å². The molecule has 2 rings (SSSR count). The quantitative estimate of drug-likeness (QED) is 0.842. The molecular formula is C12H12Br2N4O. The Labute approximate surface area is 127 Å². The van der Waals surface area contributed by atoms with Crippen LogP contribution in [0.3, 0.4) is 0 Å². The smallest absolute Gasteiger partial charge is 0.295 e. The van der Waals surface area contributed by atoms with Gasteiger partial charge in [0.1, 0.15) is 5.82 Å². The number of aromatic nitrogens is 3. The Morgan fingerprint density at radius 1 is 1.42 bits per heavy atom. The zero-order valence-corrected chi connectivity index (χ0v) is 13.4. The second kappa shape index (κ2) is 6.29. The number of aryl methyl sites for hydroxylation is 1. The van der Waals surface area contributed by atoms with E-state index in [0.29, 0.717) is 5.69 Å². The van der Waals surface area contributed by atoms with Crippen LogP contribution in [0.4, 0.5) is 5.69 Å². The summed E-state index contributed by atoms with van der Waals surface area (Å²) in [7, 11) is 0. The Hall–Kier alpha value is -1.21. The summed E-state index contributed by atoms with van der Waals surface area (Å²) < 4.78 is 1.72. The summed E-state index contributed by atoms with van der Waals surface area (Å²) in [6.07, 6.45) is 1.73. The standard InChI is InChI=1S/C12H12Br2N4O/c1-2-3-10-16-11(18-17-10)12(19)15-9-5-4-7(13)6-8(9)14/h4-6H,2-3H2,1H3,(H,15,19)(H,16,17,18). The normalized spacial score (nSPS) is 10.5. The van der Waals surface area contributed by atoms with E-state index in [0.717, 1.165) is 27.6 Å². The lowest BCUT2D eigenvalue weighted by Crippen LogP contribution is -2.14. The molecule has 0 aliphatic rings. The monoisotopic (exact) mass is 386 g/mol. The third kappa shape index (κ3) is 3.63. The number of nitrogens with zero attached hydrogens (tertiary/aromatic N) is 2. The van der Waals surface area contributed by atoms with E-state index >= 15 is 0 Å². The minimum atomic E-state index is -0.332. The summed E-state index contributed by atoms with van der Waals surface area (Å²) in [6.45, 7) is 2.04. The van der Waals surface area contributed by atoms with Gasteiger partial charge in [-0.05, 0) is 40.5 Å². The fourth-order valence-electron chi connectivity index (χ4n) is 1.51. The van der Waals surface area contributed by atoms with Crippen LogP contribution in [-0.2, 0) is 6.42 Å². The van der Waals surface area contributed by atoms with Crippen molar-refractivity contribution < 1.29 is 4.79 Å². The Balaban J connectivity index is 2.11. The number of H-pyrrole nitrogens is 1. The summed E-state index contributed by atoms with van der Waals surface area (Å²) in [5.74, 6) is 0.544. The summed E-state index contributed by atoms with van der Waals surface area (Å²) in [5, 5.41) is 9.42. The van der Waals surface area contributed by atoms with E-state index in [1.54, 1.807) is 6.07 Å². The summed E-state index contributed by atoms with van der Waals surface area (Å²) in [5.41, 5.74) is 0.676. The molecule has 0 atom stereocenters. The van der Waals surface area contributed by atoms with Gasteiger partial charge in [-0.25, -0.2) is 4.98 Å². The van der Waals surface area contributed by atoms with Gasteiger partial charge in [-0.3, -0.25) is 9.89 Å². The first-order valence-corrected chi connectivity index (χ1v) is 7.36. The van der Waals surface area contributed by atoms with Gasteiger partial charge in [0.25, 0.3) is 5.91 Å². The van der Waals surface area contributed by atoms with Crippen molar-refractivity contribution in [2.45, 2.75) is 19.8 Å². The fourth-order valence-corrected chi connectivity index (χ4v) is 2.66. The highest BCUT2D eigenvalue weighted by molar-refractivity contribution is 9.11. The fraction of sp³-hybridized carbons (Fsp3) is 0.250. The Kier molecular flexibility index (Phi) is 4.71. The minimum Gasteiger partial charge on any atom is -0.318 e. The lowest BCUT2D eigenvalue weighted by atomic mass is 10.3. The van der Waals surface area contributed by atoms with E-state index < -0.39 is 0 Å². The van der Waals surface area contributed by atoms with Crippen molar-refractivity contribution in [3.05, 3.63) is 38.8 Å². The predicted octanol–water partition coefficient (Wildman–Crippen LogP) is 3.53. The van der Waals surface area contributed by atoms with E-state index in [1.165, 1.54) is 0 Å². The first-order chi connectivity index (χ1) is 9.10. The molecule has 7 heteroatoms. The maximum absolute atomic E-state index is 12.0. The van der Waals surface area contributed by atoms with E-state index in [1.807, 2.05) is 19.1 Å². The SMILES string of the molecule is CCCc1nc(C(=O)Nc2ccc(Br)cc2Br)n[nH]1. The van der Waals surface area contributed by atoms with Gasteiger partial charge < -0.3 is 5.32 Å². The van der Waals surface area contributed by atoms with Gasteiger partial charge >= 0.3 is 0 Å². The number of anilines is 1. The number of amides is 1. The molecule has 0 aliphatic heterocycles. The molecule has 100 valence electrons. The van der Waals surface area contributed by atoms with Gasteiger partial charge in [0.05, 0.1) is 5.69 Å². The highest BCUT2D eigenvalue weighted by atomic mass is 79.9. The Morgan fingerprint density at radius 2 is 2.21 bits per heavy atom. The third-order valence-electron chi connectivity index (χ3n) is 2.40. The number of hydrogen-bond acceptors (Lipinski definition) is 3. The van der Waals surface area contributed by atoms with Crippen LogP contribution >= 0.6 is 31.9 Å². The largest absolute Gasteiger partial charge is 0.318 e. The van der Waals surface area contributed by atoms with Gasteiger partial charge in [-0.1, -0.05) is 22.9 Å². The van der Waals surface area contributed by atoms with Crippen LogP contribution in [0.1, 0.15) is 29.8 Å². The second-order valence-electron chi connectivity index (χ2n) is 3.93. The van der Waals surface area contributed by atoms with E-state index in [4.69, 9.17) is 0 Å². The Bertz CT molecular complexity index is 597. The van der Waals surface area contributed by atoms with Crippen molar-refractivity contribution in [2.24, 2.45) is 0 Å². The molecule has 19 heavy (non-hydrogen) atoms. The number of carbonyl (C=O) groups excluding carboxylic acids is 1. The van der Waals surface area contributed by atoms with E-state index in [-0.39, 0.29) is 11.7 Å². The van der Waals surface area contributed by atoms with E-state index in [2.05, 4.69) is 52.4 Å². The summed E-state index contributed by atoms with van der Waals surface area (Å²) in [4.78, 5) is 16.1. The molecule has 0 spiro atoms. The molecular weight excluding hydrogens is 376 g/mol. The number of nitrogens with one attached hydrogen (secondary N) is 2. The first-order valence-electron chi connectivity index (χ1n) is 5.78. The first kappa shape index (κ1) is 14.2. The van der Waals surface area contributed by atoms with Crippen molar-refractivity contribution in [3.8, 4) is 0 Å². The zero-order chi connectivity index (χ0) is 13.8. The summed E-state index contributed by atoms with van der Waals surface area (Å²) in [6, 6.07) is 5.50. The van der Waals surface area contributed by atoms with Crippen LogP contribution < -0.4 is 5.32 Å². The molecule has 2 N–H and O–H groups in total. The highest BCUT2D eigenvalue weighted by Gasteiger charge is 2.13. The van der Waals surface area contributed by atoms with Crippen molar-refractivity contribution >= 4 is 43.5 Å². The van der Waals surface area contributed by atoms with Gasteiger partial charge in [-0.15, -0.1) is 5.10 Å². The molecule has 0 saturated heterocycles. The van der Waals surface area contributed by atoms with Crippen molar-refractivity contribution in [1.82, 2.24) is 15.2 Å². The highest BCUT2D eigenvalue weighted by Crippen LogP contribution is 2.26. The molecule has 2 aromatic rings. The van der Waals surface area contributed by atoms with Gasteiger partial charge in [-0.2, -0.15) is 0 Å². The van der Waals surface area contributed by atoms with Crippen LogP contribution in [0.5, 0.6) is 0 Å². The molecule has 0 radical (unpaired) electrons. The molecule has 1 aromatic heterocycles. The van der Waals surface area contributed by atoms with E-state index in [9.17, 15) is 4.79 Å². The molecule has 1 heterocycles. The maximum Gasteiger partial charge on any atom is 0.295 e. The topological polar surface area (TPSA) is 70.7 Å². The molecule has 0 unspecified atom stereocenters. The minimum absolute atomic E-state index is 0.151. The number of benzene rings is 1. The number of halogens is 2. The molecule has 5 nitrogen and oxygen atoms in total. The average molecular weight is 388 g/mol. The predicted molar refractivity (Wildman–Crippen MR) is 80.2 cm³/mol. The molecule has 1 amide bonds. The van der Waals surface area contributed by atoms with Crippen LogP contribution in [0.2, 0.25) is 0 Å². The number of hydrogen-bond donors (Lipinski definition) is 2. The lowest BCUT2D eigenvalue weighted by molar-refractivity contribution is 0.101. The third-order valence-corrected chi connectivity index (χ3v) is 3.55. The maximum atomic E-state index is 12.0. The second-order valence-corrected chi connectivity index (χ2v) is 5.70. The van der Waals surface area contributed by atoms with Crippen LogP contribution in [0.15, 0.2) is 27.1 Å². The number of aromatic amines is 1. The van der Waals surface area contributed by atoms with Crippen molar-refractivity contribution in [3.63, 3.8) is 0 Å². The van der Waals surface area contributed by atoms with Crippen LogP contribution in [-0.4, -0.2) is 21.1 Å².